The second-order valence-corrected chi connectivity index (χ2v) is 3.91. The van der Waals surface area contributed by atoms with Crippen molar-refractivity contribution in [3.05, 3.63) is 54.1 Å². The van der Waals surface area contributed by atoms with Gasteiger partial charge in [0.1, 0.15) is 0 Å². The third kappa shape index (κ3) is 2.15. The van der Waals surface area contributed by atoms with Crippen molar-refractivity contribution < 1.29 is 9.18 Å². The fraction of sp³-hybridized carbons (Fsp3) is 0. The van der Waals surface area contributed by atoms with Crippen LogP contribution >= 0.6 is 0 Å². The Morgan fingerprint density at radius 1 is 1.26 bits per heavy atom. The topological polar surface area (TPSA) is 70.7 Å². The Balaban J connectivity index is 1.89. The second-order valence-electron chi connectivity index (χ2n) is 3.91. The quantitative estimate of drug-likeness (QED) is 0.739. The number of para-hydroxylation sites is 2. The molecule has 0 atom stereocenters. The summed E-state index contributed by atoms with van der Waals surface area (Å²) in [6.45, 7) is 0. The van der Waals surface area contributed by atoms with E-state index in [2.05, 4.69) is 20.3 Å². The molecule has 0 radical (unpaired) electrons. The van der Waals surface area contributed by atoms with Gasteiger partial charge in [-0.1, -0.05) is 12.1 Å². The zero-order chi connectivity index (χ0) is 13.2. The highest BCUT2D eigenvalue weighted by atomic mass is 19.1. The van der Waals surface area contributed by atoms with Crippen LogP contribution in [0.2, 0.25) is 0 Å². The van der Waals surface area contributed by atoms with Crippen LogP contribution in [0, 0.1) is 5.82 Å². The van der Waals surface area contributed by atoms with Crippen molar-refractivity contribution >= 4 is 22.9 Å². The predicted molar refractivity (Wildman–Crippen MR) is 68.2 cm³/mol. The number of hydrogen-bond acceptors (Lipinski definition) is 3. The number of halogens is 1. The molecule has 3 rings (SSSR count). The summed E-state index contributed by atoms with van der Waals surface area (Å²) >= 11 is 0. The maximum Gasteiger partial charge on any atom is 0.261 e. The van der Waals surface area contributed by atoms with Gasteiger partial charge in [-0.15, -0.1) is 0 Å². The van der Waals surface area contributed by atoms with Crippen molar-refractivity contribution in [3.8, 4) is 0 Å². The van der Waals surface area contributed by atoms with Crippen LogP contribution in [0.15, 0.2) is 42.7 Å². The van der Waals surface area contributed by atoms with Gasteiger partial charge >= 0.3 is 0 Å². The van der Waals surface area contributed by atoms with Crippen molar-refractivity contribution in [2.75, 3.05) is 5.32 Å². The number of amides is 1. The Morgan fingerprint density at radius 2 is 2.11 bits per heavy atom. The first-order chi connectivity index (χ1) is 9.24. The minimum atomic E-state index is -0.670. The van der Waals surface area contributed by atoms with Gasteiger partial charge < -0.3 is 4.98 Å². The van der Waals surface area contributed by atoms with Crippen molar-refractivity contribution in [1.29, 1.82) is 0 Å². The van der Waals surface area contributed by atoms with E-state index in [9.17, 15) is 9.18 Å². The second kappa shape index (κ2) is 4.49. The number of aromatic amines is 1. The number of carbonyl (C=O) groups is 1. The summed E-state index contributed by atoms with van der Waals surface area (Å²) < 4.78 is 13.4. The minimum Gasteiger partial charge on any atom is -0.324 e. The highest BCUT2D eigenvalue weighted by Gasteiger charge is 2.13. The Morgan fingerprint density at radius 3 is 2.89 bits per heavy atom. The molecule has 5 nitrogen and oxygen atoms in total. The van der Waals surface area contributed by atoms with Gasteiger partial charge in [-0.3, -0.25) is 15.1 Å². The van der Waals surface area contributed by atoms with Gasteiger partial charge in [-0.25, -0.2) is 9.37 Å². The Bertz CT molecular complexity index is 720. The van der Waals surface area contributed by atoms with Crippen LogP contribution in [0.5, 0.6) is 0 Å². The Kier molecular flexibility index (Phi) is 2.68. The highest BCUT2D eigenvalue weighted by molar-refractivity contribution is 6.04. The van der Waals surface area contributed by atoms with Crippen molar-refractivity contribution in [2.24, 2.45) is 0 Å². The highest BCUT2D eigenvalue weighted by Crippen LogP contribution is 2.14. The monoisotopic (exact) mass is 256 g/mol. The van der Waals surface area contributed by atoms with Crippen LogP contribution in [0.4, 0.5) is 10.3 Å². The molecule has 19 heavy (non-hydrogen) atoms. The van der Waals surface area contributed by atoms with Gasteiger partial charge in [0, 0.05) is 6.20 Å². The van der Waals surface area contributed by atoms with Gasteiger partial charge in [0.25, 0.3) is 5.91 Å². The first-order valence-electron chi connectivity index (χ1n) is 5.59. The summed E-state index contributed by atoms with van der Waals surface area (Å²) in [5.74, 6) is -0.961. The molecule has 2 N–H and O–H groups in total. The average Bonchev–Trinajstić information content (AvgIpc) is 2.81. The summed E-state index contributed by atoms with van der Waals surface area (Å²) in [7, 11) is 0. The number of hydrogen-bond donors (Lipinski definition) is 2. The van der Waals surface area contributed by atoms with E-state index in [-0.39, 0.29) is 11.5 Å². The van der Waals surface area contributed by atoms with E-state index in [1.54, 1.807) is 0 Å². The minimum absolute atomic E-state index is 0.0737. The van der Waals surface area contributed by atoms with E-state index in [0.717, 1.165) is 17.2 Å². The number of nitrogens with zero attached hydrogens (tertiary/aromatic N) is 2. The number of anilines is 1. The molecule has 1 amide bonds. The summed E-state index contributed by atoms with van der Waals surface area (Å²) in [6, 6.07) is 8.67. The van der Waals surface area contributed by atoms with Crippen molar-refractivity contribution in [2.45, 2.75) is 0 Å². The molecule has 0 saturated carbocycles. The molecule has 6 heteroatoms. The first-order valence-corrected chi connectivity index (χ1v) is 5.59. The van der Waals surface area contributed by atoms with E-state index in [1.165, 1.54) is 12.3 Å². The molecule has 1 aromatic carbocycles. The van der Waals surface area contributed by atoms with Crippen LogP contribution in [-0.2, 0) is 0 Å². The molecule has 0 aliphatic carbocycles. The van der Waals surface area contributed by atoms with Gasteiger partial charge in [-0.05, 0) is 18.2 Å². The van der Waals surface area contributed by atoms with E-state index < -0.39 is 11.7 Å². The Labute approximate surface area is 107 Å². The third-order valence-corrected chi connectivity index (χ3v) is 2.64. The molecule has 94 valence electrons. The summed E-state index contributed by atoms with van der Waals surface area (Å²) in [5.41, 5.74) is 1.46. The lowest BCUT2D eigenvalue weighted by molar-refractivity contribution is 0.102. The smallest absolute Gasteiger partial charge is 0.261 e. The fourth-order valence-electron chi connectivity index (χ4n) is 1.75. The van der Waals surface area contributed by atoms with Gasteiger partial charge in [0.15, 0.2) is 5.82 Å². The molecule has 3 aromatic rings. The zero-order valence-corrected chi connectivity index (χ0v) is 9.72. The van der Waals surface area contributed by atoms with Crippen molar-refractivity contribution in [1.82, 2.24) is 15.0 Å². The molecule has 2 heterocycles. The molecule has 0 fully saturated rings. The van der Waals surface area contributed by atoms with E-state index in [0.29, 0.717) is 0 Å². The number of carbonyl (C=O) groups excluding carboxylic acids is 1. The molecule has 0 aliphatic heterocycles. The lowest BCUT2D eigenvalue weighted by Gasteiger charge is -2.01. The molecule has 0 aliphatic rings. The summed E-state index contributed by atoms with van der Waals surface area (Å²) in [6.07, 6.45) is 2.35. The molecular weight excluding hydrogens is 247 g/mol. The molecule has 0 unspecified atom stereocenters. The third-order valence-electron chi connectivity index (χ3n) is 2.64. The number of fused-ring (bicyclic) bond motifs is 1. The van der Waals surface area contributed by atoms with E-state index in [1.807, 2.05) is 24.3 Å². The number of nitrogens with one attached hydrogen (secondary N) is 2. The largest absolute Gasteiger partial charge is 0.324 e. The van der Waals surface area contributed by atoms with Gasteiger partial charge in [0.05, 0.1) is 22.8 Å². The number of aromatic nitrogens is 3. The number of imidazole rings is 1. The van der Waals surface area contributed by atoms with Crippen LogP contribution in [0.1, 0.15) is 10.4 Å². The maximum atomic E-state index is 13.4. The number of H-pyrrole nitrogens is 1. The first kappa shape index (κ1) is 11.3. The SMILES string of the molecule is O=C(Nc1nc2ccccc2[nH]1)c1ccncc1F. The molecule has 0 saturated heterocycles. The summed E-state index contributed by atoms with van der Waals surface area (Å²) in [4.78, 5) is 22.6. The van der Waals surface area contributed by atoms with Crippen LogP contribution in [-0.4, -0.2) is 20.9 Å². The van der Waals surface area contributed by atoms with Gasteiger partial charge in [-0.2, -0.15) is 0 Å². The number of rotatable bonds is 2. The van der Waals surface area contributed by atoms with Crippen molar-refractivity contribution in [3.63, 3.8) is 0 Å². The average molecular weight is 256 g/mol. The molecule has 0 bridgehead atoms. The normalized spacial score (nSPS) is 10.6. The van der Waals surface area contributed by atoms with Crippen LogP contribution in [0.3, 0.4) is 0 Å². The number of benzene rings is 1. The standard InChI is InChI=1S/C13H9FN4O/c14-9-7-15-6-5-8(9)12(19)18-13-16-10-3-1-2-4-11(10)17-13/h1-7H,(H2,16,17,18,19). The van der Waals surface area contributed by atoms with Gasteiger partial charge in [0.2, 0.25) is 5.95 Å². The fourth-order valence-corrected chi connectivity index (χ4v) is 1.75. The maximum absolute atomic E-state index is 13.4. The molecule has 2 aromatic heterocycles. The molecular formula is C13H9FN4O. The van der Waals surface area contributed by atoms with E-state index in [4.69, 9.17) is 0 Å². The zero-order valence-electron chi connectivity index (χ0n) is 9.72. The van der Waals surface area contributed by atoms with Crippen LogP contribution in [0.25, 0.3) is 11.0 Å². The summed E-state index contributed by atoms with van der Waals surface area (Å²) in [5, 5.41) is 2.52. The van der Waals surface area contributed by atoms with E-state index >= 15 is 0 Å². The van der Waals surface area contributed by atoms with Crippen LogP contribution < -0.4 is 5.32 Å². The Hall–Kier alpha value is -2.76. The predicted octanol–water partition coefficient (Wildman–Crippen LogP) is 2.35. The molecule has 0 spiro atoms. The lowest BCUT2D eigenvalue weighted by Crippen LogP contribution is -2.14. The number of pyridine rings is 1. The lowest BCUT2D eigenvalue weighted by atomic mass is 10.2.